The van der Waals surface area contributed by atoms with Gasteiger partial charge in [-0.25, -0.2) is 14.2 Å². The molecular formula is C16H11FN4O2. The lowest BCUT2D eigenvalue weighted by molar-refractivity contribution is 0.0601. The Balaban J connectivity index is 1.93. The summed E-state index contributed by atoms with van der Waals surface area (Å²) in [6.07, 6.45) is 0. The summed E-state index contributed by atoms with van der Waals surface area (Å²) in [7, 11) is 1.32. The van der Waals surface area contributed by atoms with E-state index in [-0.39, 0.29) is 5.82 Å². The number of esters is 1. The third-order valence-electron chi connectivity index (χ3n) is 3.68. The zero-order chi connectivity index (χ0) is 16.0. The molecule has 0 saturated carbocycles. The molecule has 0 saturated heterocycles. The van der Waals surface area contributed by atoms with Crippen molar-refractivity contribution in [1.82, 2.24) is 20.2 Å². The molecule has 0 fully saturated rings. The van der Waals surface area contributed by atoms with Gasteiger partial charge in [0, 0.05) is 5.39 Å². The zero-order valence-corrected chi connectivity index (χ0v) is 12.1. The predicted octanol–water partition coefficient (Wildman–Crippen LogP) is 3.03. The molecule has 0 bridgehead atoms. The van der Waals surface area contributed by atoms with Crippen molar-refractivity contribution in [3.05, 3.63) is 47.8 Å². The number of aromatic amines is 2. The minimum atomic E-state index is -0.435. The number of rotatable bonds is 2. The molecule has 23 heavy (non-hydrogen) atoms. The van der Waals surface area contributed by atoms with Gasteiger partial charge in [0.1, 0.15) is 17.0 Å². The van der Waals surface area contributed by atoms with E-state index in [1.165, 1.54) is 13.2 Å². The largest absolute Gasteiger partial charge is 0.465 e. The summed E-state index contributed by atoms with van der Waals surface area (Å²) in [4.78, 5) is 19.0. The highest BCUT2D eigenvalue weighted by Crippen LogP contribution is 2.27. The van der Waals surface area contributed by atoms with Gasteiger partial charge < -0.3 is 9.72 Å². The van der Waals surface area contributed by atoms with Crippen molar-refractivity contribution < 1.29 is 13.9 Å². The van der Waals surface area contributed by atoms with Crippen molar-refractivity contribution in [3.63, 3.8) is 0 Å². The van der Waals surface area contributed by atoms with E-state index in [4.69, 9.17) is 4.74 Å². The monoisotopic (exact) mass is 310 g/mol. The van der Waals surface area contributed by atoms with Crippen LogP contribution in [0.25, 0.3) is 33.5 Å². The van der Waals surface area contributed by atoms with Gasteiger partial charge >= 0.3 is 5.97 Å². The molecule has 0 unspecified atom stereocenters. The van der Waals surface area contributed by atoms with Crippen LogP contribution < -0.4 is 0 Å². The fourth-order valence-electron chi connectivity index (χ4n) is 2.55. The number of imidazole rings is 1. The van der Waals surface area contributed by atoms with Crippen LogP contribution in [0.3, 0.4) is 0 Å². The number of para-hydroxylation sites is 1. The lowest BCUT2D eigenvalue weighted by Gasteiger charge is -1.99. The van der Waals surface area contributed by atoms with Crippen molar-refractivity contribution in [2.75, 3.05) is 7.11 Å². The summed E-state index contributed by atoms with van der Waals surface area (Å²) < 4.78 is 18.5. The third-order valence-corrected chi connectivity index (χ3v) is 3.68. The summed E-state index contributed by atoms with van der Waals surface area (Å²) in [6, 6.07) is 9.73. The molecule has 4 rings (SSSR count). The van der Waals surface area contributed by atoms with Gasteiger partial charge in [-0.1, -0.05) is 6.07 Å². The maximum absolute atomic E-state index is 13.8. The highest BCUT2D eigenvalue weighted by atomic mass is 19.1. The Hall–Kier alpha value is -3.22. The number of nitrogens with zero attached hydrogens (tertiary/aromatic N) is 2. The van der Waals surface area contributed by atoms with Gasteiger partial charge in [0.2, 0.25) is 0 Å². The first-order valence-electron chi connectivity index (χ1n) is 6.88. The standard InChI is InChI=1S/C16H11FN4O2/c1-23-16(22)8-5-6-11-9(7-8)13(21-20-11)15-18-12-4-2-3-10(17)14(12)19-15/h2-7H,1H3,(H,18,19)(H,20,21). The van der Waals surface area contributed by atoms with Crippen LogP contribution in [0.4, 0.5) is 4.39 Å². The number of fused-ring (bicyclic) bond motifs is 2. The van der Waals surface area contributed by atoms with E-state index in [1.807, 2.05) is 0 Å². The Kier molecular flexibility index (Phi) is 2.87. The molecule has 7 heteroatoms. The summed E-state index contributed by atoms with van der Waals surface area (Å²) in [5.41, 5.74) is 2.50. The Bertz CT molecular complexity index is 1050. The van der Waals surface area contributed by atoms with Crippen LogP contribution in [-0.4, -0.2) is 33.2 Å². The summed E-state index contributed by atoms with van der Waals surface area (Å²) in [5, 5.41) is 7.80. The van der Waals surface area contributed by atoms with Crippen LogP contribution in [-0.2, 0) is 4.74 Å². The molecule has 2 N–H and O–H groups in total. The molecular weight excluding hydrogens is 299 g/mol. The number of hydrogen-bond acceptors (Lipinski definition) is 4. The van der Waals surface area contributed by atoms with Gasteiger partial charge in [-0.05, 0) is 30.3 Å². The normalized spacial score (nSPS) is 11.2. The fourth-order valence-corrected chi connectivity index (χ4v) is 2.55. The van der Waals surface area contributed by atoms with Crippen LogP contribution >= 0.6 is 0 Å². The van der Waals surface area contributed by atoms with Crippen molar-refractivity contribution in [2.24, 2.45) is 0 Å². The van der Waals surface area contributed by atoms with E-state index < -0.39 is 5.97 Å². The molecule has 6 nitrogen and oxygen atoms in total. The minimum Gasteiger partial charge on any atom is -0.465 e. The number of nitrogens with one attached hydrogen (secondary N) is 2. The lowest BCUT2D eigenvalue weighted by atomic mass is 10.1. The molecule has 0 aliphatic rings. The molecule has 0 spiro atoms. The van der Waals surface area contributed by atoms with Crippen LogP contribution in [0.1, 0.15) is 10.4 Å². The second-order valence-electron chi connectivity index (χ2n) is 5.04. The van der Waals surface area contributed by atoms with Crippen LogP contribution in [0.5, 0.6) is 0 Å². The predicted molar refractivity (Wildman–Crippen MR) is 82.5 cm³/mol. The first kappa shape index (κ1) is 13.4. The van der Waals surface area contributed by atoms with Gasteiger partial charge in [0.05, 0.1) is 23.7 Å². The number of H-pyrrole nitrogens is 2. The SMILES string of the molecule is COC(=O)c1ccc2[nH]nc(-c3nc4cccc(F)c4[nH]3)c2c1. The summed E-state index contributed by atoms with van der Waals surface area (Å²) in [6.45, 7) is 0. The van der Waals surface area contributed by atoms with Crippen molar-refractivity contribution >= 4 is 27.9 Å². The lowest BCUT2D eigenvalue weighted by Crippen LogP contribution is -2.00. The summed E-state index contributed by atoms with van der Waals surface area (Å²) >= 11 is 0. The van der Waals surface area contributed by atoms with Gasteiger partial charge in [-0.2, -0.15) is 5.10 Å². The number of carbonyl (C=O) groups is 1. The van der Waals surface area contributed by atoms with E-state index in [9.17, 15) is 9.18 Å². The van der Waals surface area contributed by atoms with E-state index >= 15 is 0 Å². The molecule has 0 atom stereocenters. The summed E-state index contributed by atoms with van der Waals surface area (Å²) in [5.74, 6) is -0.385. The number of hydrogen-bond donors (Lipinski definition) is 2. The number of halogens is 1. The average Bonchev–Trinajstić information content (AvgIpc) is 3.17. The molecule has 4 aromatic rings. The topological polar surface area (TPSA) is 83.7 Å². The Morgan fingerprint density at radius 2 is 2.13 bits per heavy atom. The smallest absolute Gasteiger partial charge is 0.337 e. The average molecular weight is 310 g/mol. The molecule has 0 aliphatic carbocycles. The highest BCUT2D eigenvalue weighted by molar-refractivity contribution is 5.99. The van der Waals surface area contributed by atoms with Crippen LogP contribution in [0.15, 0.2) is 36.4 Å². The molecule has 0 aliphatic heterocycles. The van der Waals surface area contributed by atoms with Gasteiger partial charge in [0.25, 0.3) is 0 Å². The van der Waals surface area contributed by atoms with E-state index in [1.54, 1.807) is 30.3 Å². The van der Waals surface area contributed by atoms with E-state index in [2.05, 4.69) is 20.2 Å². The second-order valence-corrected chi connectivity index (χ2v) is 5.04. The molecule has 0 radical (unpaired) electrons. The Labute approximate surface area is 129 Å². The van der Waals surface area contributed by atoms with Gasteiger partial charge in [0.15, 0.2) is 5.82 Å². The zero-order valence-electron chi connectivity index (χ0n) is 12.1. The second kappa shape index (κ2) is 4.91. The van der Waals surface area contributed by atoms with E-state index in [0.29, 0.717) is 33.5 Å². The molecule has 0 amide bonds. The first-order chi connectivity index (χ1) is 11.2. The highest BCUT2D eigenvalue weighted by Gasteiger charge is 2.16. The number of ether oxygens (including phenoxy) is 1. The Morgan fingerprint density at radius 1 is 1.26 bits per heavy atom. The molecule has 2 aromatic carbocycles. The maximum atomic E-state index is 13.8. The quantitative estimate of drug-likeness (QED) is 0.557. The molecule has 2 heterocycles. The van der Waals surface area contributed by atoms with Gasteiger partial charge in [-0.3, -0.25) is 5.10 Å². The number of methoxy groups -OCH3 is 1. The van der Waals surface area contributed by atoms with Crippen molar-refractivity contribution in [1.29, 1.82) is 0 Å². The molecule has 114 valence electrons. The number of benzene rings is 2. The maximum Gasteiger partial charge on any atom is 0.337 e. The van der Waals surface area contributed by atoms with Crippen molar-refractivity contribution in [3.8, 4) is 11.5 Å². The van der Waals surface area contributed by atoms with Crippen molar-refractivity contribution in [2.45, 2.75) is 0 Å². The third kappa shape index (κ3) is 2.05. The van der Waals surface area contributed by atoms with Crippen LogP contribution in [0, 0.1) is 5.82 Å². The van der Waals surface area contributed by atoms with E-state index in [0.717, 1.165) is 5.52 Å². The van der Waals surface area contributed by atoms with Crippen LogP contribution in [0.2, 0.25) is 0 Å². The van der Waals surface area contributed by atoms with Gasteiger partial charge in [-0.15, -0.1) is 0 Å². The number of carbonyl (C=O) groups excluding carboxylic acids is 1. The Morgan fingerprint density at radius 3 is 2.91 bits per heavy atom. The fraction of sp³-hybridized carbons (Fsp3) is 0.0625. The first-order valence-corrected chi connectivity index (χ1v) is 6.88. The molecule has 2 aromatic heterocycles. The number of aromatic nitrogens is 4. The minimum absolute atomic E-state index is 0.322.